The van der Waals surface area contributed by atoms with E-state index in [2.05, 4.69) is 32.4 Å². The first-order valence-electron chi connectivity index (χ1n) is 9.41. The van der Waals surface area contributed by atoms with Gasteiger partial charge < -0.3 is 20.0 Å². The summed E-state index contributed by atoms with van der Waals surface area (Å²) in [5, 5.41) is 6.67. The molecular weight excluding hydrogens is 453 g/mol. The second kappa shape index (κ2) is 11.3. The molecule has 0 saturated carbocycles. The number of hydrogen-bond donors (Lipinski definition) is 2. The summed E-state index contributed by atoms with van der Waals surface area (Å²) >= 11 is 0. The molecule has 1 aromatic carbocycles. The SMILES string of the molecule is CN=C(NCCN1CCCC(C)C1)NCc1coc(-c2ccccc2)n1.I. The lowest BCUT2D eigenvalue weighted by atomic mass is 10.0. The highest BCUT2D eigenvalue weighted by Gasteiger charge is 2.15. The van der Waals surface area contributed by atoms with E-state index in [1.165, 1.54) is 25.9 Å². The Labute approximate surface area is 178 Å². The molecule has 7 heteroatoms. The van der Waals surface area contributed by atoms with Crippen molar-refractivity contribution in [1.82, 2.24) is 20.5 Å². The van der Waals surface area contributed by atoms with Gasteiger partial charge in [-0.3, -0.25) is 4.99 Å². The Balaban J connectivity index is 0.00000261. The van der Waals surface area contributed by atoms with Gasteiger partial charge in [-0.2, -0.15) is 0 Å². The first kappa shape index (κ1) is 21.7. The Bertz CT molecular complexity index is 703. The van der Waals surface area contributed by atoms with E-state index in [9.17, 15) is 0 Å². The van der Waals surface area contributed by atoms with E-state index >= 15 is 0 Å². The Hall–Kier alpha value is -1.61. The van der Waals surface area contributed by atoms with Gasteiger partial charge in [-0.1, -0.05) is 25.1 Å². The summed E-state index contributed by atoms with van der Waals surface area (Å²) < 4.78 is 5.57. The minimum absolute atomic E-state index is 0. The van der Waals surface area contributed by atoms with Gasteiger partial charge in [0.1, 0.15) is 6.26 Å². The van der Waals surface area contributed by atoms with Crippen LogP contribution in [0.5, 0.6) is 0 Å². The van der Waals surface area contributed by atoms with E-state index in [-0.39, 0.29) is 24.0 Å². The molecule has 0 aliphatic carbocycles. The van der Waals surface area contributed by atoms with Crippen LogP contribution in [-0.2, 0) is 6.54 Å². The molecule has 1 atom stereocenters. The molecule has 6 nitrogen and oxygen atoms in total. The summed E-state index contributed by atoms with van der Waals surface area (Å²) in [7, 11) is 1.79. The molecule has 0 amide bonds. The lowest BCUT2D eigenvalue weighted by molar-refractivity contribution is 0.187. The number of aromatic nitrogens is 1. The predicted octanol–water partition coefficient (Wildman–Crippen LogP) is 3.36. The van der Waals surface area contributed by atoms with Crippen LogP contribution in [0.3, 0.4) is 0 Å². The van der Waals surface area contributed by atoms with Crippen molar-refractivity contribution in [2.24, 2.45) is 10.9 Å². The van der Waals surface area contributed by atoms with Crippen molar-refractivity contribution in [3.8, 4) is 11.5 Å². The normalized spacial score (nSPS) is 18.0. The molecule has 1 aromatic heterocycles. The number of guanidine groups is 1. The van der Waals surface area contributed by atoms with Gasteiger partial charge in [0.25, 0.3) is 0 Å². The maximum absolute atomic E-state index is 5.57. The standard InChI is InChI=1S/C20H29N5O.HI/c1-16-7-6-11-25(14-16)12-10-22-20(21-2)23-13-18-15-26-19(24-18)17-8-4-3-5-9-17;/h3-5,8-9,15-16H,6-7,10-14H2,1-2H3,(H2,21,22,23);1H. The molecule has 3 rings (SSSR count). The fraction of sp³-hybridized carbons (Fsp3) is 0.500. The lowest BCUT2D eigenvalue weighted by Gasteiger charge is -2.30. The van der Waals surface area contributed by atoms with Gasteiger partial charge in [0, 0.05) is 32.2 Å². The molecule has 2 N–H and O–H groups in total. The number of hydrogen-bond acceptors (Lipinski definition) is 4. The van der Waals surface area contributed by atoms with E-state index in [1.807, 2.05) is 30.3 Å². The van der Waals surface area contributed by atoms with E-state index < -0.39 is 0 Å². The third-order valence-electron chi connectivity index (χ3n) is 4.69. The summed E-state index contributed by atoms with van der Waals surface area (Å²) in [6, 6.07) is 9.92. The predicted molar refractivity (Wildman–Crippen MR) is 120 cm³/mol. The fourth-order valence-electron chi connectivity index (χ4n) is 3.32. The van der Waals surface area contributed by atoms with Crippen LogP contribution in [0.2, 0.25) is 0 Å². The maximum atomic E-state index is 5.57. The van der Waals surface area contributed by atoms with E-state index in [1.54, 1.807) is 13.3 Å². The van der Waals surface area contributed by atoms with Crippen LogP contribution in [0, 0.1) is 5.92 Å². The van der Waals surface area contributed by atoms with Crippen LogP contribution >= 0.6 is 24.0 Å². The third kappa shape index (κ3) is 6.80. The second-order valence-electron chi connectivity index (χ2n) is 6.91. The molecule has 0 bridgehead atoms. The van der Waals surface area contributed by atoms with E-state index in [0.29, 0.717) is 12.4 Å². The van der Waals surface area contributed by atoms with Crippen molar-refractivity contribution in [1.29, 1.82) is 0 Å². The van der Waals surface area contributed by atoms with Gasteiger partial charge in [0.2, 0.25) is 5.89 Å². The Morgan fingerprint density at radius 2 is 2.11 bits per heavy atom. The Morgan fingerprint density at radius 3 is 2.85 bits per heavy atom. The lowest BCUT2D eigenvalue weighted by Crippen LogP contribution is -2.43. The number of benzene rings is 1. The van der Waals surface area contributed by atoms with Crippen molar-refractivity contribution in [3.05, 3.63) is 42.3 Å². The van der Waals surface area contributed by atoms with Gasteiger partial charge in [-0.25, -0.2) is 4.98 Å². The van der Waals surface area contributed by atoms with Crippen molar-refractivity contribution >= 4 is 29.9 Å². The highest BCUT2D eigenvalue weighted by atomic mass is 127. The van der Waals surface area contributed by atoms with Crippen LogP contribution in [0.25, 0.3) is 11.5 Å². The molecule has 2 aromatic rings. The molecule has 1 fully saturated rings. The van der Waals surface area contributed by atoms with Gasteiger partial charge in [-0.15, -0.1) is 24.0 Å². The largest absolute Gasteiger partial charge is 0.444 e. The molecular formula is C20H30IN5O. The minimum atomic E-state index is 0. The van der Waals surface area contributed by atoms with E-state index in [0.717, 1.165) is 36.2 Å². The number of oxazole rings is 1. The smallest absolute Gasteiger partial charge is 0.226 e. The highest BCUT2D eigenvalue weighted by Crippen LogP contribution is 2.17. The molecule has 2 heterocycles. The van der Waals surface area contributed by atoms with Gasteiger partial charge in [0.15, 0.2) is 5.96 Å². The number of rotatable bonds is 6. The number of halogens is 1. The Morgan fingerprint density at radius 1 is 1.30 bits per heavy atom. The van der Waals surface area contributed by atoms with Gasteiger partial charge >= 0.3 is 0 Å². The van der Waals surface area contributed by atoms with Crippen LogP contribution < -0.4 is 10.6 Å². The van der Waals surface area contributed by atoms with Crippen LogP contribution in [0.1, 0.15) is 25.5 Å². The molecule has 1 aliphatic rings. The van der Waals surface area contributed by atoms with Gasteiger partial charge in [0.05, 0.1) is 12.2 Å². The van der Waals surface area contributed by atoms with Crippen LogP contribution in [0.4, 0.5) is 0 Å². The third-order valence-corrected chi connectivity index (χ3v) is 4.69. The second-order valence-corrected chi connectivity index (χ2v) is 6.91. The van der Waals surface area contributed by atoms with E-state index in [4.69, 9.17) is 4.42 Å². The highest BCUT2D eigenvalue weighted by molar-refractivity contribution is 14.0. The zero-order chi connectivity index (χ0) is 18.2. The summed E-state index contributed by atoms with van der Waals surface area (Å²) in [6.07, 6.45) is 4.36. The molecule has 27 heavy (non-hydrogen) atoms. The first-order chi connectivity index (χ1) is 12.7. The molecule has 0 radical (unpaired) electrons. The first-order valence-corrected chi connectivity index (χ1v) is 9.41. The number of nitrogens with zero attached hydrogens (tertiary/aromatic N) is 3. The topological polar surface area (TPSA) is 65.7 Å². The molecule has 1 aliphatic heterocycles. The van der Waals surface area contributed by atoms with Crippen LogP contribution in [0.15, 0.2) is 46.0 Å². The molecule has 148 valence electrons. The monoisotopic (exact) mass is 483 g/mol. The molecule has 0 spiro atoms. The fourth-order valence-corrected chi connectivity index (χ4v) is 3.32. The number of nitrogens with one attached hydrogen (secondary N) is 2. The summed E-state index contributed by atoms with van der Waals surface area (Å²) in [4.78, 5) is 11.3. The average Bonchev–Trinajstić information content (AvgIpc) is 3.14. The summed E-state index contributed by atoms with van der Waals surface area (Å²) in [5.74, 6) is 2.25. The molecule has 1 saturated heterocycles. The minimum Gasteiger partial charge on any atom is -0.444 e. The van der Waals surface area contributed by atoms with Crippen LogP contribution in [-0.4, -0.2) is 49.1 Å². The molecule has 1 unspecified atom stereocenters. The average molecular weight is 483 g/mol. The van der Waals surface area contributed by atoms with Crippen molar-refractivity contribution in [3.63, 3.8) is 0 Å². The number of piperidine rings is 1. The number of aliphatic imine (C=N–C) groups is 1. The maximum Gasteiger partial charge on any atom is 0.226 e. The summed E-state index contributed by atoms with van der Waals surface area (Å²) in [5.41, 5.74) is 1.84. The zero-order valence-corrected chi connectivity index (χ0v) is 18.5. The zero-order valence-electron chi connectivity index (χ0n) is 16.1. The van der Waals surface area contributed by atoms with Crippen molar-refractivity contribution in [2.45, 2.75) is 26.3 Å². The Kier molecular flexibility index (Phi) is 9.06. The number of likely N-dealkylation sites (tertiary alicyclic amines) is 1. The summed E-state index contributed by atoms with van der Waals surface area (Å²) in [6.45, 7) is 7.26. The quantitative estimate of drug-likeness (QED) is 0.375. The van der Waals surface area contributed by atoms with Gasteiger partial charge in [-0.05, 0) is 37.4 Å². The van der Waals surface area contributed by atoms with Crippen molar-refractivity contribution in [2.75, 3.05) is 33.2 Å². The van der Waals surface area contributed by atoms with Crippen molar-refractivity contribution < 1.29 is 4.42 Å².